The van der Waals surface area contributed by atoms with E-state index in [0.717, 1.165) is 82.4 Å². The summed E-state index contributed by atoms with van der Waals surface area (Å²) in [5, 5.41) is 21.8. The van der Waals surface area contributed by atoms with Crippen LogP contribution < -0.4 is 5.32 Å². The van der Waals surface area contributed by atoms with E-state index in [0.29, 0.717) is 0 Å². The van der Waals surface area contributed by atoms with Gasteiger partial charge < -0.3 is 19.9 Å². The normalized spacial score (nSPS) is 18.8. The fourth-order valence-corrected chi connectivity index (χ4v) is 3.66. The largest absolute Gasteiger partial charge is 0.393 e. The Kier molecular flexibility index (Phi) is 9.10. The van der Waals surface area contributed by atoms with Crippen molar-refractivity contribution in [2.24, 2.45) is 4.99 Å². The number of aryl methyl sites for hydroxylation is 2. The first-order chi connectivity index (χ1) is 12.3. The molecule has 3 rings (SSSR count). The van der Waals surface area contributed by atoms with Crippen molar-refractivity contribution in [3.63, 3.8) is 0 Å². The molecular formula is C18H33IN6O. The van der Waals surface area contributed by atoms with Crippen LogP contribution in [0.25, 0.3) is 0 Å². The molecule has 148 valence electrons. The van der Waals surface area contributed by atoms with Crippen LogP contribution in [-0.4, -0.2) is 63.0 Å². The minimum atomic E-state index is -0.151. The highest BCUT2D eigenvalue weighted by atomic mass is 127. The van der Waals surface area contributed by atoms with Crippen molar-refractivity contribution in [2.45, 2.75) is 70.9 Å². The monoisotopic (exact) mass is 476 g/mol. The lowest BCUT2D eigenvalue weighted by Crippen LogP contribution is -2.46. The number of nitrogens with zero attached hydrogens (tertiary/aromatic N) is 5. The maximum atomic E-state index is 9.67. The minimum Gasteiger partial charge on any atom is -0.393 e. The Morgan fingerprint density at radius 3 is 2.77 bits per heavy atom. The predicted octanol–water partition coefficient (Wildman–Crippen LogP) is 1.98. The molecule has 2 N–H and O–H groups in total. The van der Waals surface area contributed by atoms with Crippen molar-refractivity contribution >= 4 is 29.9 Å². The maximum Gasteiger partial charge on any atom is 0.193 e. The molecule has 2 aliphatic heterocycles. The van der Waals surface area contributed by atoms with Crippen molar-refractivity contribution in [2.75, 3.05) is 26.2 Å². The number of likely N-dealkylation sites (tertiary alicyclic amines) is 1. The molecule has 1 aromatic rings. The second kappa shape index (κ2) is 11.1. The number of hydrogen-bond acceptors (Lipinski definition) is 4. The van der Waals surface area contributed by atoms with Gasteiger partial charge in [0, 0.05) is 45.6 Å². The summed E-state index contributed by atoms with van der Waals surface area (Å²) in [5.74, 6) is 3.27. The van der Waals surface area contributed by atoms with Crippen LogP contribution in [0, 0.1) is 0 Å². The van der Waals surface area contributed by atoms with Crippen molar-refractivity contribution in [1.29, 1.82) is 0 Å². The molecule has 0 amide bonds. The van der Waals surface area contributed by atoms with E-state index in [1.54, 1.807) is 0 Å². The van der Waals surface area contributed by atoms with Crippen LogP contribution in [0.3, 0.4) is 0 Å². The van der Waals surface area contributed by atoms with Gasteiger partial charge in [-0.3, -0.25) is 4.99 Å². The average Bonchev–Trinajstić information content (AvgIpc) is 2.85. The number of nitrogens with one attached hydrogen (secondary N) is 1. The summed E-state index contributed by atoms with van der Waals surface area (Å²) in [6.07, 6.45) is 8.27. The van der Waals surface area contributed by atoms with Gasteiger partial charge in [0.15, 0.2) is 5.96 Å². The Bertz CT molecular complexity index is 568. The quantitative estimate of drug-likeness (QED) is 0.294. The van der Waals surface area contributed by atoms with E-state index in [2.05, 4.69) is 31.9 Å². The van der Waals surface area contributed by atoms with Crippen molar-refractivity contribution in [3.8, 4) is 0 Å². The Hall–Kier alpha value is -0.900. The zero-order valence-corrected chi connectivity index (χ0v) is 18.2. The smallest absolute Gasteiger partial charge is 0.193 e. The van der Waals surface area contributed by atoms with E-state index < -0.39 is 0 Å². The molecule has 0 bridgehead atoms. The third-order valence-electron chi connectivity index (χ3n) is 5.11. The Balaban J connectivity index is 0.00000243. The van der Waals surface area contributed by atoms with Gasteiger partial charge in [-0.05, 0) is 39.0 Å². The molecule has 0 atom stereocenters. The second-order valence-electron chi connectivity index (χ2n) is 7.05. The molecule has 1 aromatic heterocycles. The van der Waals surface area contributed by atoms with Gasteiger partial charge in [-0.1, -0.05) is 6.42 Å². The lowest BCUT2D eigenvalue weighted by molar-refractivity contribution is 0.108. The van der Waals surface area contributed by atoms with Crippen LogP contribution >= 0.6 is 24.0 Å². The summed E-state index contributed by atoms with van der Waals surface area (Å²) in [7, 11) is 0. The van der Waals surface area contributed by atoms with Gasteiger partial charge in [0.25, 0.3) is 0 Å². The zero-order valence-electron chi connectivity index (χ0n) is 15.9. The minimum absolute atomic E-state index is 0. The molecular weight excluding hydrogens is 443 g/mol. The summed E-state index contributed by atoms with van der Waals surface area (Å²) < 4.78 is 2.33. The van der Waals surface area contributed by atoms with Crippen LogP contribution in [-0.2, 0) is 19.4 Å². The van der Waals surface area contributed by atoms with E-state index in [4.69, 9.17) is 4.99 Å². The number of piperidine rings is 1. The standard InChI is InChI=1S/C18H32N6O.HI/c1-2-19-18(23-13-9-15(25)10-14-23)20-11-6-8-17-22-21-16-7-4-3-5-12-24(16)17;/h15,25H,2-14H2,1H3,(H,19,20);1H. The fraction of sp³-hybridized carbons (Fsp3) is 0.833. The van der Waals surface area contributed by atoms with Gasteiger partial charge >= 0.3 is 0 Å². The first-order valence-electron chi connectivity index (χ1n) is 9.90. The highest BCUT2D eigenvalue weighted by molar-refractivity contribution is 14.0. The number of hydrogen-bond donors (Lipinski definition) is 2. The third kappa shape index (κ3) is 5.80. The number of aromatic nitrogens is 3. The zero-order chi connectivity index (χ0) is 17.5. The number of aliphatic hydroxyl groups is 1. The molecule has 7 nitrogen and oxygen atoms in total. The molecule has 0 spiro atoms. The maximum absolute atomic E-state index is 9.67. The van der Waals surface area contributed by atoms with E-state index >= 15 is 0 Å². The molecule has 0 aliphatic carbocycles. The second-order valence-corrected chi connectivity index (χ2v) is 7.05. The van der Waals surface area contributed by atoms with E-state index in [1.165, 1.54) is 19.3 Å². The van der Waals surface area contributed by atoms with Gasteiger partial charge in [0.2, 0.25) is 0 Å². The molecule has 3 heterocycles. The highest BCUT2D eigenvalue weighted by Gasteiger charge is 2.19. The summed E-state index contributed by atoms with van der Waals surface area (Å²) >= 11 is 0. The Morgan fingerprint density at radius 1 is 1.19 bits per heavy atom. The SMILES string of the molecule is CCNC(=NCCCc1nnc2n1CCCCC2)N1CCC(O)CC1.I. The third-order valence-corrected chi connectivity index (χ3v) is 5.11. The van der Waals surface area contributed by atoms with Gasteiger partial charge in [-0.25, -0.2) is 0 Å². The van der Waals surface area contributed by atoms with Gasteiger partial charge in [-0.2, -0.15) is 0 Å². The van der Waals surface area contributed by atoms with Crippen LogP contribution in [0.5, 0.6) is 0 Å². The molecule has 0 radical (unpaired) electrons. The summed E-state index contributed by atoms with van der Waals surface area (Å²) in [4.78, 5) is 7.05. The van der Waals surface area contributed by atoms with Crippen molar-refractivity contribution in [3.05, 3.63) is 11.6 Å². The molecule has 0 unspecified atom stereocenters. The molecule has 1 fully saturated rings. The van der Waals surface area contributed by atoms with Crippen LogP contribution in [0.4, 0.5) is 0 Å². The first-order valence-corrected chi connectivity index (χ1v) is 9.90. The topological polar surface area (TPSA) is 78.6 Å². The number of rotatable bonds is 5. The Labute approximate surface area is 173 Å². The number of aliphatic hydroxyl groups excluding tert-OH is 1. The Morgan fingerprint density at radius 2 is 2.00 bits per heavy atom. The first kappa shape index (κ1) is 21.4. The van der Waals surface area contributed by atoms with Crippen LogP contribution in [0.1, 0.15) is 57.1 Å². The lowest BCUT2D eigenvalue weighted by Gasteiger charge is -2.32. The molecule has 26 heavy (non-hydrogen) atoms. The van der Waals surface area contributed by atoms with Crippen molar-refractivity contribution in [1.82, 2.24) is 25.0 Å². The number of aliphatic imine (C=N–C) groups is 1. The average molecular weight is 476 g/mol. The fourth-order valence-electron chi connectivity index (χ4n) is 3.66. The molecule has 8 heteroatoms. The number of fused-ring (bicyclic) bond motifs is 1. The van der Waals surface area contributed by atoms with Crippen LogP contribution in [0.2, 0.25) is 0 Å². The van der Waals surface area contributed by atoms with Crippen molar-refractivity contribution < 1.29 is 5.11 Å². The molecule has 2 aliphatic rings. The van der Waals surface area contributed by atoms with E-state index in [1.807, 2.05) is 0 Å². The van der Waals surface area contributed by atoms with Gasteiger partial charge in [0.05, 0.1) is 6.10 Å². The summed E-state index contributed by atoms with van der Waals surface area (Å²) in [6.45, 7) is 6.59. The number of guanidine groups is 1. The molecule has 0 saturated carbocycles. The molecule has 0 aromatic carbocycles. The summed E-state index contributed by atoms with van der Waals surface area (Å²) in [6, 6.07) is 0. The van der Waals surface area contributed by atoms with Gasteiger partial charge in [0.1, 0.15) is 11.6 Å². The van der Waals surface area contributed by atoms with E-state index in [-0.39, 0.29) is 30.1 Å². The van der Waals surface area contributed by atoms with Crippen LogP contribution in [0.15, 0.2) is 4.99 Å². The van der Waals surface area contributed by atoms with E-state index in [9.17, 15) is 5.11 Å². The lowest BCUT2D eigenvalue weighted by atomic mass is 10.1. The number of halogens is 1. The highest BCUT2D eigenvalue weighted by Crippen LogP contribution is 2.15. The summed E-state index contributed by atoms with van der Waals surface area (Å²) in [5.41, 5.74) is 0. The van der Waals surface area contributed by atoms with Gasteiger partial charge in [-0.15, -0.1) is 34.2 Å². The molecule has 1 saturated heterocycles. The predicted molar refractivity (Wildman–Crippen MR) is 114 cm³/mol.